The first-order chi connectivity index (χ1) is 69.2. The van der Waals surface area contributed by atoms with Gasteiger partial charge in [-0.15, -0.1) is 49.6 Å². The summed E-state index contributed by atoms with van der Waals surface area (Å²) in [5, 5.41) is 73.2. The van der Waals surface area contributed by atoms with Crippen molar-refractivity contribution in [3.05, 3.63) is 214 Å². The zero-order valence-corrected chi connectivity index (χ0v) is 92.2. The first-order valence-electron chi connectivity index (χ1n) is 50.5. The third kappa shape index (κ3) is 34.8. The van der Waals surface area contributed by atoms with E-state index in [1.807, 2.05) is 149 Å². The average Bonchev–Trinajstić information content (AvgIpc) is 1.65. The summed E-state index contributed by atoms with van der Waals surface area (Å²) in [6.07, 6.45) is 0.393. The summed E-state index contributed by atoms with van der Waals surface area (Å²) in [6.45, 7) is 23.3. The van der Waals surface area contributed by atoms with E-state index in [1.165, 1.54) is 59.9 Å². The van der Waals surface area contributed by atoms with Gasteiger partial charge < -0.3 is 104 Å². The lowest BCUT2D eigenvalue weighted by Crippen LogP contribution is -2.60. The van der Waals surface area contributed by atoms with E-state index in [0.29, 0.717) is 0 Å². The van der Waals surface area contributed by atoms with E-state index in [-0.39, 0.29) is 173 Å². The molecule has 0 unspecified atom stereocenters. The third-order valence-electron chi connectivity index (χ3n) is 28.1. The Morgan fingerprint density at radius 2 is 0.487 bits per heavy atom. The van der Waals surface area contributed by atoms with E-state index in [4.69, 9.17) is 0 Å². The number of amides is 12. The van der Waals surface area contributed by atoms with E-state index >= 15 is 0 Å². The fraction of sp³-hybridized carbons (Fsp3) is 0.527. The molecular formula is C110H156Cl4N16O20. The molecule has 824 valence electrons. The number of nitrogens with zero attached hydrogens (tertiary/aromatic N) is 4. The maximum absolute atomic E-state index is 14.6. The molecule has 0 bridgehead atoms. The summed E-state index contributed by atoms with van der Waals surface area (Å²) in [4.78, 5) is 229. The van der Waals surface area contributed by atoms with Crippen LogP contribution in [0.25, 0.3) is 0 Å². The van der Waals surface area contributed by atoms with Crippen molar-refractivity contribution >= 4 is 144 Å². The molecule has 0 radical (unpaired) electrons. The molecule has 0 saturated carbocycles. The quantitative estimate of drug-likeness (QED) is 0.0165. The summed E-state index contributed by atoms with van der Waals surface area (Å²) in [5.41, 5.74) is 2.82. The van der Waals surface area contributed by atoms with Gasteiger partial charge in [-0.2, -0.15) is 0 Å². The highest BCUT2D eigenvalue weighted by atomic mass is 35.5. The van der Waals surface area contributed by atoms with Gasteiger partial charge in [0.25, 0.3) is 0 Å². The average molecular weight is 2160 g/mol. The van der Waals surface area contributed by atoms with E-state index in [2.05, 4.69) is 63.8 Å². The zero-order valence-electron chi connectivity index (χ0n) is 88.9. The topological polar surface area (TPSA) is 511 Å². The maximum Gasteiger partial charge on any atom is 0.246 e. The highest BCUT2D eigenvalue weighted by Gasteiger charge is 2.51. The van der Waals surface area contributed by atoms with Crippen LogP contribution in [0.4, 0.5) is 0 Å². The Hall–Kier alpha value is -11.5. The van der Waals surface area contributed by atoms with Crippen LogP contribution in [0.5, 0.6) is 0 Å². The van der Waals surface area contributed by atoms with Crippen LogP contribution in [0, 0.1) is 46.3 Å². The van der Waals surface area contributed by atoms with Crippen LogP contribution in [0.15, 0.2) is 170 Å². The molecule has 6 aromatic carbocycles. The molecule has 0 aromatic heterocycles. The van der Waals surface area contributed by atoms with Crippen molar-refractivity contribution in [1.82, 2.24) is 83.4 Å². The van der Waals surface area contributed by atoms with Gasteiger partial charge in [0.05, 0.1) is 50.6 Å². The maximum atomic E-state index is 14.6. The van der Waals surface area contributed by atoms with Crippen molar-refractivity contribution in [3.63, 3.8) is 0 Å². The minimum atomic E-state index is -1.09. The van der Waals surface area contributed by atoms with Crippen LogP contribution in [0.2, 0.25) is 0 Å². The number of benzene rings is 6. The Morgan fingerprint density at radius 1 is 0.287 bits per heavy atom. The van der Waals surface area contributed by atoms with Gasteiger partial charge in [-0.3, -0.25) is 76.7 Å². The molecule has 0 spiro atoms. The molecule has 12 amide bonds. The smallest absolute Gasteiger partial charge is 0.246 e. The lowest BCUT2D eigenvalue weighted by atomic mass is 9.85. The second kappa shape index (κ2) is 60.1. The van der Waals surface area contributed by atoms with E-state index < -0.39 is 240 Å². The van der Waals surface area contributed by atoms with Crippen LogP contribution >= 0.6 is 49.6 Å². The summed E-state index contributed by atoms with van der Waals surface area (Å²) in [5.74, 6) is -9.87. The van der Waals surface area contributed by atoms with Gasteiger partial charge in [0.1, 0.15) is 72.5 Å². The predicted molar refractivity (Wildman–Crippen MR) is 580 cm³/mol. The number of halogens is 4. The summed E-state index contributed by atoms with van der Waals surface area (Å²) < 4.78 is 0. The van der Waals surface area contributed by atoms with E-state index in [1.54, 1.807) is 106 Å². The van der Waals surface area contributed by atoms with Crippen molar-refractivity contribution in [2.45, 2.75) is 245 Å². The summed E-state index contributed by atoms with van der Waals surface area (Å²) in [7, 11) is 6.07. The molecule has 150 heavy (non-hydrogen) atoms. The number of Topliss-reactive ketones (excluding diaryl/α,β-unsaturated/α-hetero) is 4. The predicted octanol–water partition coefficient (Wildman–Crippen LogP) is 7.39. The fourth-order valence-electron chi connectivity index (χ4n) is 19.3. The van der Waals surface area contributed by atoms with Crippen molar-refractivity contribution < 1.29 is 97.1 Å². The molecule has 36 nitrogen and oxygen atoms in total. The molecule has 10 rings (SSSR count). The Balaban J connectivity index is 0.000000514. The van der Waals surface area contributed by atoms with Crippen LogP contribution < -0.4 is 63.8 Å². The number of hydrogen-bond donors (Lipinski definition) is 16. The fourth-order valence-corrected chi connectivity index (χ4v) is 19.3. The summed E-state index contributed by atoms with van der Waals surface area (Å²) >= 11 is 0. The molecule has 4 saturated heterocycles. The number of carbonyl (C=O) groups excluding carboxylic acids is 16. The molecule has 20 atom stereocenters. The molecule has 6 aromatic rings. The Kier molecular flexibility index (Phi) is 51.6. The van der Waals surface area contributed by atoms with Crippen LogP contribution in [0.1, 0.15) is 236 Å². The third-order valence-corrected chi connectivity index (χ3v) is 28.1. The molecule has 4 aliphatic heterocycles. The second-order valence-corrected chi connectivity index (χ2v) is 41.8. The largest absolute Gasteiger partial charge is 0.394 e. The number of carbonyl (C=O) groups is 16. The van der Waals surface area contributed by atoms with E-state index in [9.17, 15) is 97.1 Å². The van der Waals surface area contributed by atoms with Gasteiger partial charge in [0, 0.05) is 74.1 Å². The number of rotatable bonds is 46. The Labute approximate surface area is 905 Å². The number of nitrogens with one attached hydrogen (secondary N) is 12. The van der Waals surface area contributed by atoms with Crippen LogP contribution in [-0.2, 0) is 57.5 Å². The number of ketones is 4. The lowest BCUT2D eigenvalue weighted by Gasteiger charge is -2.36. The number of likely N-dealkylation sites (tertiary alicyclic amines) is 4. The van der Waals surface area contributed by atoms with Crippen molar-refractivity contribution in [2.24, 2.45) is 46.3 Å². The monoisotopic (exact) mass is 2160 g/mol. The van der Waals surface area contributed by atoms with Gasteiger partial charge in [0.15, 0.2) is 23.1 Å². The van der Waals surface area contributed by atoms with Gasteiger partial charge >= 0.3 is 0 Å². The highest BCUT2D eigenvalue weighted by molar-refractivity contribution is 6.05. The Morgan fingerprint density at radius 3 is 0.673 bits per heavy atom. The molecule has 16 N–H and O–H groups in total. The molecule has 0 aliphatic carbocycles. The standard InChI is InChI=1S/C56H78N8O10.C54H74N8O10.4ClH/c1-33(37-18-13-11-14-19-37)59-51(71)43-24-35(29-63(43)53(73)47(55(3,4)5)61-49(69)41(31-65)57-9)26-45(67)39-22-17-23-40(28-39)46(68)27-36-25-44(52(72)60-34(2)38-20-15-12-16-21-38)64(30-36)54(74)48(56(6,7)8)62-50(70)42(32-66)58-10;1-31(2)47(59-49(67)41(29-63)55-7)53(71)61-27-35(22-43(61)51(69)57-33(5)37-16-11-9-12-17-37)24-45(65)39-20-15-21-40(26-39)46(66)25-36-23-44(52(70)58-34(6)38-18-13-10-14-19-38)62(28-36)54(72)48(32(3)4)60-50(68)42(30-64)56-8;;;;/h11-23,28,33-36,41-44,47-48,57-58,65-66H,24-27,29-32H2,1-10H3,(H,59,71)(H,60,72)(H,61,69)(H,62,70);9-21,26,31-36,41-44,47-48,55-56,63-64H,22-25,27-30H2,1-8H3,(H,57,69)(H,58,70)(H,59,67)(H,60,68);4*1H/t33-,34-,35-,36-,41+,42+,43+,44+,47-,48-;33-,34-,35-,36-,41+,42+,43+,44+,47+,48+;;;;/m11..../s1. The minimum absolute atomic E-state index is 0. The summed E-state index contributed by atoms with van der Waals surface area (Å²) in [6, 6.07) is 36.5. The first-order valence-corrected chi connectivity index (χ1v) is 50.5. The SMILES string of the molecule is CN[C@@H](CO)C(=O)N[C@H](C(=O)N1C[C@@H](CC(=O)c2cccc(C(=O)C[C@H]3C[C@@H](C(=O)N[C@H](C)c4ccccc4)N(C(=O)[C@@H](NC(=O)[C@H](CO)NC)C(C)(C)C)C3)c2)C[C@H]1C(=O)N[C@H](C)c1ccccc1)C(C)(C)C.CN[C@@H](CO)C(=O)N[C@H](C(=O)N1C[C@@H](CC(=O)c2cccc(C(=O)C[C@H]3C[C@@H](C(=O)N[C@H](C)c4ccccc4)N(C(=O)[C@@H](NC(=O)[C@H](CO)NC)C(C)C)C3)c2)C[C@H]1C(=O)N[C@H](C)c1ccccc1)C(C)C.Cl.Cl.Cl.Cl. The van der Waals surface area contributed by atoms with Crippen molar-refractivity contribution in [3.8, 4) is 0 Å². The second-order valence-electron chi connectivity index (χ2n) is 41.8. The van der Waals surface area contributed by atoms with Gasteiger partial charge in [-0.1, -0.05) is 227 Å². The normalized spacial score (nSPS) is 19.7. The van der Waals surface area contributed by atoms with Gasteiger partial charge in [-0.25, -0.2) is 0 Å². The van der Waals surface area contributed by atoms with Gasteiger partial charge in [-0.05, 0) is 162 Å². The number of hydrogen-bond acceptors (Lipinski definition) is 24. The molecule has 4 fully saturated rings. The van der Waals surface area contributed by atoms with E-state index in [0.717, 1.165) is 22.3 Å². The molecule has 40 heteroatoms. The molecular weight excluding hydrogens is 2010 g/mol. The Bertz CT molecular complexity index is 5180. The lowest BCUT2D eigenvalue weighted by molar-refractivity contribution is -0.144. The number of likely N-dealkylation sites (N-methyl/N-ethyl adjacent to an activating group) is 4. The number of aliphatic hydroxyl groups is 4. The first kappa shape index (κ1) is 129. The van der Waals surface area contributed by atoms with Crippen LogP contribution in [-0.4, -0.2) is 287 Å². The van der Waals surface area contributed by atoms with Crippen molar-refractivity contribution in [1.29, 1.82) is 0 Å². The zero-order chi connectivity index (χ0) is 107. The minimum Gasteiger partial charge on any atom is -0.394 e. The number of aliphatic hydroxyl groups excluding tert-OH is 4. The van der Waals surface area contributed by atoms with Crippen molar-refractivity contribution in [2.75, 3.05) is 80.8 Å². The van der Waals surface area contributed by atoms with Crippen LogP contribution in [0.3, 0.4) is 0 Å². The van der Waals surface area contributed by atoms with Gasteiger partial charge in [0.2, 0.25) is 70.9 Å². The molecule has 4 aliphatic rings. The highest BCUT2D eigenvalue weighted by Crippen LogP contribution is 2.38. The molecule has 4 heterocycles.